The summed E-state index contributed by atoms with van der Waals surface area (Å²) in [7, 11) is 4.88. The molecular formula is C33H51N3O6. The van der Waals surface area contributed by atoms with Crippen molar-refractivity contribution < 1.29 is 28.7 Å². The number of aldehydes is 1. The van der Waals surface area contributed by atoms with Gasteiger partial charge in [-0.25, -0.2) is 0 Å². The number of rotatable bonds is 10. The van der Waals surface area contributed by atoms with E-state index < -0.39 is 23.9 Å². The molecule has 234 valence electrons. The second-order valence-corrected chi connectivity index (χ2v) is 11.7. The van der Waals surface area contributed by atoms with E-state index in [2.05, 4.69) is 23.6 Å². The molecule has 9 heteroatoms. The Morgan fingerprint density at radius 1 is 1.10 bits per heavy atom. The first-order valence-corrected chi connectivity index (χ1v) is 15.3. The van der Waals surface area contributed by atoms with Crippen LogP contribution in [0.2, 0.25) is 0 Å². The molecule has 0 saturated carbocycles. The number of ether oxygens (including phenoxy) is 2. The highest BCUT2D eigenvalue weighted by Gasteiger charge is 2.30. The van der Waals surface area contributed by atoms with Crippen LogP contribution in [0.3, 0.4) is 0 Å². The molecule has 0 saturated heterocycles. The Kier molecular flexibility index (Phi) is 15.1. The summed E-state index contributed by atoms with van der Waals surface area (Å²) in [5.41, 5.74) is 0.826. The van der Waals surface area contributed by atoms with Crippen LogP contribution in [0.4, 0.5) is 0 Å². The summed E-state index contributed by atoms with van der Waals surface area (Å²) in [6.07, 6.45) is 10.9. The molecule has 1 aromatic carbocycles. The molecule has 0 spiro atoms. The van der Waals surface area contributed by atoms with E-state index in [-0.39, 0.29) is 30.1 Å². The molecule has 3 amide bonds. The van der Waals surface area contributed by atoms with Crippen molar-refractivity contribution in [3.05, 3.63) is 35.9 Å². The number of allylic oxidation sites excluding steroid dienone is 2. The Bertz CT molecular complexity index is 1060. The van der Waals surface area contributed by atoms with Crippen molar-refractivity contribution in [3.63, 3.8) is 0 Å². The van der Waals surface area contributed by atoms with Crippen molar-refractivity contribution in [2.75, 3.05) is 21.3 Å². The zero-order chi connectivity index (χ0) is 31.1. The molecule has 2 N–H and O–H groups in total. The molecule has 2 rings (SSSR count). The van der Waals surface area contributed by atoms with Crippen molar-refractivity contribution in [1.29, 1.82) is 0 Å². The second kappa shape index (κ2) is 18.2. The Balaban J connectivity index is 2.29. The zero-order valence-corrected chi connectivity index (χ0v) is 26.3. The molecule has 1 heterocycles. The maximum Gasteiger partial charge on any atom is 0.243 e. The highest BCUT2D eigenvalue weighted by Crippen LogP contribution is 2.27. The molecular weight excluding hydrogens is 534 g/mol. The fraction of sp³-hybridized carbons (Fsp3) is 0.636. The van der Waals surface area contributed by atoms with Crippen LogP contribution >= 0.6 is 0 Å². The van der Waals surface area contributed by atoms with Gasteiger partial charge in [0.05, 0.1) is 20.3 Å². The Hall–Kier alpha value is -3.36. The van der Waals surface area contributed by atoms with Crippen molar-refractivity contribution in [2.24, 2.45) is 17.8 Å². The standard InChI is InChI=1S/C33H51N3O6/c1-7-13-24-14-11-9-8-10-12-15-25(19-27(22-37)34-32(39)29(18-23(2)3)35-31(24)38)33(40)36(4)21-26-16-17-28(41-5)20-30(26)42-6/h10,12,16-17,20,22-25,27,29H,7-9,11,13-15,18-19,21H2,1-6H3,(H,34,39)(H,35,38)/b12-10+/t24?,25?,27-,29-/m0/s1. The summed E-state index contributed by atoms with van der Waals surface area (Å²) in [6, 6.07) is 3.85. The lowest BCUT2D eigenvalue weighted by molar-refractivity contribution is -0.136. The monoisotopic (exact) mass is 585 g/mol. The van der Waals surface area contributed by atoms with Gasteiger partial charge in [0, 0.05) is 37.1 Å². The molecule has 4 atom stereocenters. The summed E-state index contributed by atoms with van der Waals surface area (Å²) in [5, 5.41) is 5.81. The fourth-order valence-electron chi connectivity index (χ4n) is 5.44. The van der Waals surface area contributed by atoms with E-state index in [1.54, 1.807) is 32.2 Å². The van der Waals surface area contributed by atoms with Crippen molar-refractivity contribution in [2.45, 2.75) is 97.2 Å². The minimum absolute atomic E-state index is 0.105. The number of carbonyl (C=O) groups is 4. The smallest absolute Gasteiger partial charge is 0.243 e. The van der Waals surface area contributed by atoms with Gasteiger partial charge in [0.15, 0.2) is 0 Å². The highest BCUT2D eigenvalue weighted by molar-refractivity contribution is 5.90. The summed E-state index contributed by atoms with van der Waals surface area (Å²) in [6.45, 7) is 6.36. The number of methoxy groups -OCH3 is 2. The van der Waals surface area contributed by atoms with E-state index in [9.17, 15) is 19.2 Å². The van der Waals surface area contributed by atoms with Crippen molar-refractivity contribution in [1.82, 2.24) is 15.5 Å². The van der Waals surface area contributed by atoms with Crippen LogP contribution in [0.25, 0.3) is 0 Å². The van der Waals surface area contributed by atoms with Gasteiger partial charge in [-0.3, -0.25) is 14.4 Å². The van der Waals surface area contributed by atoms with Gasteiger partial charge in [-0.15, -0.1) is 0 Å². The SMILES string of the molecule is CCCC1CCCC/C=C/CC(C(=O)N(C)Cc2ccc(OC)cc2OC)C[C@@H](C=O)NC(=O)[C@H](CC(C)C)NC1=O. The lowest BCUT2D eigenvalue weighted by Gasteiger charge is -2.28. The van der Waals surface area contributed by atoms with Crippen LogP contribution in [0.15, 0.2) is 30.4 Å². The Morgan fingerprint density at radius 2 is 1.86 bits per heavy atom. The van der Waals surface area contributed by atoms with Crippen LogP contribution in [0.5, 0.6) is 11.5 Å². The van der Waals surface area contributed by atoms with E-state index >= 15 is 0 Å². The summed E-state index contributed by atoms with van der Waals surface area (Å²) in [4.78, 5) is 54.1. The largest absolute Gasteiger partial charge is 0.497 e. The lowest BCUT2D eigenvalue weighted by atomic mass is 9.92. The van der Waals surface area contributed by atoms with Crippen LogP contribution in [0, 0.1) is 17.8 Å². The maximum atomic E-state index is 13.7. The van der Waals surface area contributed by atoms with Crippen LogP contribution in [0.1, 0.15) is 84.1 Å². The number of nitrogens with one attached hydrogen (secondary N) is 2. The average molecular weight is 586 g/mol. The van der Waals surface area contributed by atoms with Gasteiger partial charge in [0.25, 0.3) is 0 Å². The van der Waals surface area contributed by atoms with Crippen LogP contribution in [-0.4, -0.2) is 62.3 Å². The van der Waals surface area contributed by atoms with Crippen molar-refractivity contribution >= 4 is 24.0 Å². The molecule has 0 fully saturated rings. The minimum Gasteiger partial charge on any atom is -0.497 e. The second-order valence-electron chi connectivity index (χ2n) is 11.7. The third-order valence-electron chi connectivity index (χ3n) is 7.77. The van der Waals surface area contributed by atoms with E-state index in [4.69, 9.17) is 9.47 Å². The average Bonchev–Trinajstić information content (AvgIpc) is 2.97. The summed E-state index contributed by atoms with van der Waals surface area (Å²) < 4.78 is 10.8. The quantitative estimate of drug-likeness (QED) is 0.301. The van der Waals surface area contributed by atoms with Gasteiger partial charge < -0.3 is 29.8 Å². The first-order chi connectivity index (χ1) is 20.1. The zero-order valence-electron chi connectivity index (χ0n) is 26.3. The third kappa shape index (κ3) is 11.1. The number of benzene rings is 1. The molecule has 9 nitrogen and oxygen atoms in total. The van der Waals surface area contributed by atoms with Gasteiger partial charge in [0.2, 0.25) is 17.7 Å². The highest BCUT2D eigenvalue weighted by atomic mass is 16.5. The minimum atomic E-state index is -0.866. The number of carbonyl (C=O) groups excluding carboxylic acids is 4. The van der Waals surface area contributed by atoms with Gasteiger partial charge in [-0.1, -0.05) is 45.8 Å². The topological polar surface area (TPSA) is 114 Å². The number of hydrogen-bond donors (Lipinski definition) is 2. The first kappa shape index (κ1) is 34.8. The molecule has 0 radical (unpaired) electrons. The molecule has 42 heavy (non-hydrogen) atoms. The van der Waals surface area contributed by atoms with Gasteiger partial charge in [-0.2, -0.15) is 0 Å². The van der Waals surface area contributed by atoms with E-state index in [1.807, 2.05) is 32.1 Å². The van der Waals surface area contributed by atoms with E-state index in [0.717, 1.165) is 44.1 Å². The number of hydrogen-bond acceptors (Lipinski definition) is 6. The molecule has 1 aromatic rings. The Labute approximate surface area is 251 Å². The Morgan fingerprint density at radius 3 is 2.50 bits per heavy atom. The normalized spacial score (nSPS) is 23.4. The molecule has 0 aromatic heterocycles. The molecule has 2 unspecified atom stereocenters. The predicted molar refractivity (Wildman–Crippen MR) is 164 cm³/mol. The first-order valence-electron chi connectivity index (χ1n) is 15.3. The third-order valence-corrected chi connectivity index (χ3v) is 7.77. The summed E-state index contributed by atoms with van der Waals surface area (Å²) >= 11 is 0. The molecule has 1 aliphatic heterocycles. The molecule has 1 aliphatic rings. The molecule has 0 bridgehead atoms. The molecule has 0 aliphatic carbocycles. The van der Waals surface area contributed by atoms with Crippen LogP contribution < -0.4 is 20.1 Å². The van der Waals surface area contributed by atoms with E-state index in [0.29, 0.717) is 37.2 Å². The number of nitrogens with zero attached hydrogens (tertiary/aromatic N) is 1. The number of amides is 3. The van der Waals surface area contributed by atoms with Gasteiger partial charge in [-0.05, 0) is 63.0 Å². The van der Waals surface area contributed by atoms with E-state index in [1.165, 1.54) is 0 Å². The van der Waals surface area contributed by atoms with Crippen molar-refractivity contribution in [3.8, 4) is 11.5 Å². The predicted octanol–water partition coefficient (Wildman–Crippen LogP) is 4.82. The maximum absolute atomic E-state index is 13.7. The lowest BCUT2D eigenvalue weighted by Crippen LogP contribution is -2.52. The van der Waals surface area contributed by atoms with Gasteiger partial charge in [0.1, 0.15) is 23.8 Å². The summed E-state index contributed by atoms with van der Waals surface area (Å²) in [5.74, 6) is 0.141. The van der Waals surface area contributed by atoms with Gasteiger partial charge >= 0.3 is 0 Å². The van der Waals surface area contributed by atoms with Crippen LogP contribution in [-0.2, 0) is 25.7 Å². The fourth-order valence-corrected chi connectivity index (χ4v) is 5.44.